The Bertz CT molecular complexity index is 1310. The molecule has 7 heteroatoms. The van der Waals surface area contributed by atoms with Gasteiger partial charge < -0.3 is 10.4 Å². The van der Waals surface area contributed by atoms with E-state index in [1.807, 2.05) is 48.1 Å². The van der Waals surface area contributed by atoms with E-state index >= 15 is 0 Å². The average molecular weight is 506 g/mol. The Morgan fingerprint density at radius 3 is 2.53 bits per heavy atom. The molecule has 0 fully saturated rings. The largest absolute Gasteiger partial charge is 0.481 e. The first-order valence-electron chi connectivity index (χ1n) is 12.5. The van der Waals surface area contributed by atoms with Gasteiger partial charge in [0, 0.05) is 35.5 Å². The van der Waals surface area contributed by atoms with E-state index in [9.17, 15) is 9.59 Å². The third-order valence-electron chi connectivity index (χ3n) is 6.84. The number of carbonyl (C=O) groups is 2. The molecule has 6 nitrogen and oxygen atoms in total. The van der Waals surface area contributed by atoms with Crippen molar-refractivity contribution in [1.29, 1.82) is 0 Å². The lowest BCUT2D eigenvalue weighted by atomic mass is 9.74. The highest BCUT2D eigenvalue weighted by molar-refractivity contribution is 6.29. The maximum Gasteiger partial charge on any atom is 0.305 e. The third kappa shape index (κ3) is 5.71. The van der Waals surface area contributed by atoms with Crippen LogP contribution in [-0.4, -0.2) is 33.3 Å². The number of nitrogens with one attached hydrogen (secondary N) is 1. The molecular formula is C29H32ClN3O3. The van der Waals surface area contributed by atoms with Crippen LogP contribution < -0.4 is 5.32 Å². The monoisotopic (exact) mass is 505 g/mol. The van der Waals surface area contributed by atoms with Gasteiger partial charge in [0.1, 0.15) is 0 Å². The van der Waals surface area contributed by atoms with Crippen molar-refractivity contribution in [2.24, 2.45) is 7.05 Å². The highest BCUT2D eigenvalue weighted by atomic mass is 35.5. The third-order valence-corrected chi connectivity index (χ3v) is 7.15. The summed E-state index contributed by atoms with van der Waals surface area (Å²) in [7, 11) is 1.99. The molecule has 2 N–H and O–H groups in total. The number of hydrogen-bond acceptors (Lipinski definition) is 3. The predicted octanol–water partition coefficient (Wildman–Crippen LogP) is 6.29. The number of amides is 1. The molecule has 0 bridgehead atoms. The molecular weight excluding hydrogens is 474 g/mol. The molecule has 2 aromatic carbocycles. The number of hydrogen-bond donors (Lipinski definition) is 2. The van der Waals surface area contributed by atoms with Crippen LogP contribution in [0.3, 0.4) is 0 Å². The Kier molecular flexibility index (Phi) is 8.26. The summed E-state index contributed by atoms with van der Waals surface area (Å²) in [6.45, 7) is 2.30. The Morgan fingerprint density at radius 1 is 1.11 bits per heavy atom. The molecule has 2 atom stereocenters. The molecule has 2 unspecified atom stereocenters. The minimum absolute atomic E-state index is 0.0762. The summed E-state index contributed by atoms with van der Waals surface area (Å²) in [4.78, 5) is 23.2. The molecule has 3 aromatic rings. The number of carboxylic acid groups (broad SMARTS) is 1. The molecule has 1 amide bonds. The molecule has 1 heterocycles. The molecule has 0 saturated heterocycles. The first-order chi connectivity index (χ1) is 17.4. The molecule has 188 valence electrons. The minimum Gasteiger partial charge on any atom is -0.481 e. The fourth-order valence-electron chi connectivity index (χ4n) is 5.09. The second-order valence-corrected chi connectivity index (χ2v) is 9.76. The molecule has 0 spiro atoms. The second-order valence-electron chi connectivity index (χ2n) is 9.28. The fourth-order valence-corrected chi connectivity index (χ4v) is 5.24. The van der Waals surface area contributed by atoms with E-state index in [-0.39, 0.29) is 30.7 Å². The number of benzene rings is 2. The van der Waals surface area contributed by atoms with Gasteiger partial charge in [-0.25, -0.2) is 0 Å². The van der Waals surface area contributed by atoms with Crippen molar-refractivity contribution in [1.82, 2.24) is 15.1 Å². The number of nitrogens with zero attached hydrogens (tertiary/aromatic N) is 2. The molecule has 1 aliphatic carbocycles. The van der Waals surface area contributed by atoms with Crippen LogP contribution >= 0.6 is 11.6 Å². The maximum absolute atomic E-state index is 12.5. The highest BCUT2D eigenvalue weighted by Crippen LogP contribution is 2.46. The van der Waals surface area contributed by atoms with Gasteiger partial charge in [-0.2, -0.15) is 5.10 Å². The average Bonchev–Trinajstić information content (AvgIpc) is 3.21. The van der Waals surface area contributed by atoms with Crippen LogP contribution in [0.25, 0.3) is 10.9 Å². The standard InChI is InChI=1S/C29H32ClN3O3/c1-3-6-23(19-9-11-21(12-10-19)29(36)31-18-17-26(34)35)27(20-13-15-22(30)16-14-20)28-24-7-4-5-8-25(24)33(2)32-28/h4-5,7-13,15,23,27H,3,6,14,16-18H2,1-2H3,(H,31,36)(H,34,35). The number of fused-ring (bicyclic) bond motifs is 1. The molecule has 36 heavy (non-hydrogen) atoms. The molecule has 1 aromatic heterocycles. The molecule has 0 saturated carbocycles. The van der Waals surface area contributed by atoms with Crippen LogP contribution in [0, 0.1) is 0 Å². The number of allylic oxidation sites excluding steroid dienone is 4. The number of rotatable bonds is 10. The zero-order valence-electron chi connectivity index (χ0n) is 20.7. The minimum atomic E-state index is -0.936. The quantitative estimate of drug-likeness (QED) is 0.339. The zero-order chi connectivity index (χ0) is 25.7. The van der Waals surface area contributed by atoms with Crippen molar-refractivity contribution < 1.29 is 14.7 Å². The van der Waals surface area contributed by atoms with Gasteiger partial charge in [-0.3, -0.25) is 14.3 Å². The van der Waals surface area contributed by atoms with Crippen molar-refractivity contribution in [3.8, 4) is 0 Å². The van der Waals surface area contributed by atoms with Crippen molar-refractivity contribution in [2.45, 2.75) is 50.9 Å². The normalized spacial score (nSPS) is 15.2. The lowest BCUT2D eigenvalue weighted by Crippen LogP contribution is -2.26. The Morgan fingerprint density at radius 2 is 1.86 bits per heavy atom. The van der Waals surface area contributed by atoms with E-state index < -0.39 is 5.97 Å². The summed E-state index contributed by atoms with van der Waals surface area (Å²) in [5, 5.41) is 18.5. The van der Waals surface area contributed by atoms with E-state index in [1.54, 1.807) is 0 Å². The number of aliphatic carboxylic acids is 1. The van der Waals surface area contributed by atoms with Gasteiger partial charge in [-0.15, -0.1) is 0 Å². The van der Waals surface area contributed by atoms with Gasteiger partial charge >= 0.3 is 5.97 Å². The number of carbonyl (C=O) groups excluding carboxylic acids is 1. The number of halogens is 1. The topological polar surface area (TPSA) is 84.2 Å². The lowest BCUT2D eigenvalue weighted by Gasteiger charge is -2.30. The van der Waals surface area contributed by atoms with E-state index in [1.165, 1.54) is 5.57 Å². The number of para-hydroxylation sites is 1. The van der Waals surface area contributed by atoms with Crippen LogP contribution in [0.5, 0.6) is 0 Å². The number of carboxylic acids is 1. The number of aryl methyl sites for hydroxylation is 1. The summed E-state index contributed by atoms with van der Waals surface area (Å²) >= 11 is 6.32. The van der Waals surface area contributed by atoms with E-state index in [0.717, 1.165) is 52.9 Å². The van der Waals surface area contributed by atoms with Gasteiger partial charge in [0.25, 0.3) is 5.91 Å². The molecule has 4 rings (SSSR count). The smallest absolute Gasteiger partial charge is 0.305 e. The first-order valence-corrected chi connectivity index (χ1v) is 12.8. The summed E-state index contributed by atoms with van der Waals surface area (Å²) in [5.41, 5.74) is 5.16. The Hall–Kier alpha value is -3.38. The van der Waals surface area contributed by atoms with Gasteiger partial charge in [0.2, 0.25) is 0 Å². The summed E-state index contributed by atoms with van der Waals surface area (Å²) in [6, 6.07) is 16.0. The lowest BCUT2D eigenvalue weighted by molar-refractivity contribution is -0.136. The van der Waals surface area contributed by atoms with E-state index in [0.29, 0.717) is 5.56 Å². The zero-order valence-corrected chi connectivity index (χ0v) is 21.5. The van der Waals surface area contributed by atoms with Crippen LogP contribution in [0.1, 0.15) is 72.5 Å². The van der Waals surface area contributed by atoms with Gasteiger partial charge in [-0.05, 0) is 55.0 Å². The summed E-state index contributed by atoms with van der Waals surface area (Å²) in [6.07, 6.45) is 7.74. The Labute approximate surface area is 216 Å². The van der Waals surface area contributed by atoms with Crippen molar-refractivity contribution in [2.75, 3.05) is 6.54 Å². The molecule has 0 aliphatic heterocycles. The fraction of sp³-hybridized carbons (Fsp3) is 0.345. The van der Waals surface area contributed by atoms with Crippen molar-refractivity contribution in [3.63, 3.8) is 0 Å². The maximum atomic E-state index is 12.5. The van der Waals surface area contributed by atoms with Gasteiger partial charge in [-0.1, -0.05) is 66.9 Å². The first kappa shape index (κ1) is 25.7. The van der Waals surface area contributed by atoms with E-state index in [2.05, 4.69) is 36.5 Å². The molecule has 0 radical (unpaired) electrons. The van der Waals surface area contributed by atoms with Crippen LogP contribution in [-0.2, 0) is 11.8 Å². The molecule has 1 aliphatic rings. The van der Waals surface area contributed by atoms with Crippen molar-refractivity contribution in [3.05, 3.63) is 88.1 Å². The SMILES string of the molecule is CCCC(c1ccc(C(=O)NCCC(=O)O)cc1)C(C1=CC=C(Cl)CC1)c1nn(C)c2ccccc12. The van der Waals surface area contributed by atoms with Crippen LogP contribution in [0.15, 0.2) is 71.3 Å². The summed E-state index contributed by atoms with van der Waals surface area (Å²) in [5.74, 6) is -0.951. The summed E-state index contributed by atoms with van der Waals surface area (Å²) < 4.78 is 1.96. The predicted molar refractivity (Wildman–Crippen MR) is 143 cm³/mol. The van der Waals surface area contributed by atoms with Crippen LogP contribution in [0.2, 0.25) is 0 Å². The Balaban J connectivity index is 1.72. The second kappa shape index (κ2) is 11.6. The highest BCUT2D eigenvalue weighted by Gasteiger charge is 2.32. The van der Waals surface area contributed by atoms with Gasteiger partial charge in [0.05, 0.1) is 17.6 Å². The number of aromatic nitrogens is 2. The van der Waals surface area contributed by atoms with Crippen molar-refractivity contribution >= 4 is 34.4 Å². The van der Waals surface area contributed by atoms with Gasteiger partial charge in [0.15, 0.2) is 0 Å². The van der Waals surface area contributed by atoms with E-state index in [4.69, 9.17) is 21.8 Å². The van der Waals surface area contributed by atoms with Crippen LogP contribution in [0.4, 0.5) is 0 Å².